The first kappa shape index (κ1) is 19.4. The van der Waals surface area contributed by atoms with Crippen LogP contribution in [-0.2, 0) is 9.59 Å². The Morgan fingerprint density at radius 1 is 0.923 bits per heavy atom. The van der Waals surface area contributed by atoms with Gasteiger partial charge < -0.3 is 4.74 Å². The molecule has 138 valence electrons. The van der Waals surface area contributed by atoms with Crippen LogP contribution in [0.25, 0.3) is 0 Å². The summed E-state index contributed by atoms with van der Waals surface area (Å²) in [7, 11) is 0. The number of carbonyl (C=O) groups is 2. The highest BCUT2D eigenvalue weighted by Crippen LogP contribution is 2.19. The summed E-state index contributed by atoms with van der Waals surface area (Å²) in [5.41, 5.74) is 5.42. The van der Waals surface area contributed by atoms with E-state index in [1.807, 2.05) is 6.92 Å². The second-order valence-electron chi connectivity index (χ2n) is 5.91. The van der Waals surface area contributed by atoms with E-state index >= 15 is 0 Å². The monoisotopic (exact) mass is 362 g/mol. The molecule has 0 spiro atoms. The molecule has 2 aromatic rings. The summed E-state index contributed by atoms with van der Waals surface area (Å²) in [6.45, 7) is 3.33. The maximum absolute atomic E-state index is 12.9. The smallest absolute Gasteiger partial charge is 0.279 e. The molecule has 2 N–H and O–H groups in total. The molecule has 0 aliphatic heterocycles. The van der Waals surface area contributed by atoms with Gasteiger partial charge in [0, 0.05) is 6.42 Å². The summed E-state index contributed by atoms with van der Waals surface area (Å²) < 4.78 is 31.1. The summed E-state index contributed by atoms with van der Waals surface area (Å²) >= 11 is 0. The number of amides is 2. The van der Waals surface area contributed by atoms with E-state index < -0.39 is 17.8 Å². The first-order valence-electron chi connectivity index (χ1n) is 8.11. The van der Waals surface area contributed by atoms with Crippen molar-refractivity contribution >= 4 is 11.8 Å². The molecular weight excluding hydrogens is 342 g/mol. The van der Waals surface area contributed by atoms with Crippen molar-refractivity contribution in [2.75, 3.05) is 0 Å². The summed E-state index contributed by atoms with van der Waals surface area (Å²) in [5, 5.41) is 0. The van der Waals surface area contributed by atoms with E-state index in [-0.39, 0.29) is 24.1 Å². The standard InChI is InChI=1S/C19H20F2N2O3/c1-12(14-3-5-15(20)6-4-14)11-18(24)22-23-19(25)13(2)26-17-9-7-16(21)8-10-17/h3-10,12-13H,11H2,1-2H3,(H,22,24)(H,23,25). The Morgan fingerprint density at radius 2 is 1.46 bits per heavy atom. The van der Waals surface area contributed by atoms with Gasteiger partial charge in [0.05, 0.1) is 0 Å². The molecule has 0 aliphatic rings. The van der Waals surface area contributed by atoms with Crippen LogP contribution in [0.5, 0.6) is 5.75 Å². The lowest BCUT2D eigenvalue weighted by Crippen LogP contribution is -2.47. The third kappa shape index (κ3) is 5.84. The Kier molecular flexibility index (Phi) is 6.66. The second-order valence-corrected chi connectivity index (χ2v) is 5.91. The molecule has 0 radical (unpaired) electrons. The fourth-order valence-electron chi connectivity index (χ4n) is 2.24. The summed E-state index contributed by atoms with van der Waals surface area (Å²) in [6.07, 6.45) is -0.755. The Bertz CT molecular complexity index is 748. The third-order valence-electron chi connectivity index (χ3n) is 3.75. The lowest BCUT2D eigenvalue weighted by atomic mass is 9.98. The zero-order chi connectivity index (χ0) is 19.1. The van der Waals surface area contributed by atoms with Gasteiger partial charge >= 0.3 is 0 Å². The number of rotatable bonds is 6. The highest BCUT2D eigenvalue weighted by atomic mass is 19.1. The topological polar surface area (TPSA) is 67.4 Å². The summed E-state index contributed by atoms with van der Waals surface area (Å²) in [6, 6.07) is 11.1. The lowest BCUT2D eigenvalue weighted by molar-refractivity contribution is -0.132. The van der Waals surface area contributed by atoms with Crippen LogP contribution in [0.1, 0.15) is 31.7 Å². The molecule has 2 aromatic carbocycles. The zero-order valence-electron chi connectivity index (χ0n) is 14.5. The molecule has 2 atom stereocenters. The van der Waals surface area contributed by atoms with Crippen LogP contribution in [0.2, 0.25) is 0 Å². The fourth-order valence-corrected chi connectivity index (χ4v) is 2.24. The average molecular weight is 362 g/mol. The quantitative estimate of drug-likeness (QED) is 0.776. The number of hydrogen-bond donors (Lipinski definition) is 2. The van der Waals surface area contributed by atoms with Crippen molar-refractivity contribution in [3.63, 3.8) is 0 Å². The van der Waals surface area contributed by atoms with E-state index in [1.165, 1.54) is 43.3 Å². The van der Waals surface area contributed by atoms with Gasteiger partial charge in [0.25, 0.3) is 5.91 Å². The van der Waals surface area contributed by atoms with Gasteiger partial charge in [0.2, 0.25) is 5.91 Å². The van der Waals surface area contributed by atoms with Crippen molar-refractivity contribution in [3.8, 4) is 5.75 Å². The van der Waals surface area contributed by atoms with E-state index in [9.17, 15) is 18.4 Å². The van der Waals surface area contributed by atoms with Gasteiger partial charge in [0.15, 0.2) is 6.10 Å². The highest BCUT2D eigenvalue weighted by Gasteiger charge is 2.17. The number of benzene rings is 2. The number of hydrazine groups is 1. The maximum atomic E-state index is 12.9. The second kappa shape index (κ2) is 8.94. The van der Waals surface area contributed by atoms with Crippen LogP contribution in [0.15, 0.2) is 48.5 Å². The number of ether oxygens (including phenoxy) is 1. The van der Waals surface area contributed by atoms with Gasteiger partial charge in [-0.3, -0.25) is 20.4 Å². The van der Waals surface area contributed by atoms with Crippen molar-refractivity contribution in [1.82, 2.24) is 10.9 Å². The minimum Gasteiger partial charge on any atom is -0.481 e. The van der Waals surface area contributed by atoms with Crippen molar-refractivity contribution in [1.29, 1.82) is 0 Å². The van der Waals surface area contributed by atoms with Gasteiger partial charge in [0.1, 0.15) is 17.4 Å². The average Bonchev–Trinajstić information content (AvgIpc) is 2.62. The molecule has 0 saturated heterocycles. The molecule has 5 nitrogen and oxygen atoms in total. The highest BCUT2D eigenvalue weighted by molar-refractivity contribution is 5.84. The molecule has 7 heteroatoms. The third-order valence-corrected chi connectivity index (χ3v) is 3.75. The van der Waals surface area contributed by atoms with Crippen LogP contribution in [0.3, 0.4) is 0 Å². The minimum absolute atomic E-state index is 0.124. The molecule has 26 heavy (non-hydrogen) atoms. The van der Waals surface area contributed by atoms with Crippen molar-refractivity contribution in [2.24, 2.45) is 0 Å². The van der Waals surface area contributed by atoms with Crippen molar-refractivity contribution in [3.05, 3.63) is 65.7 Å². The molecule has 0 fully saturated rings. The van der Waals surface area contributed by atoms with Crippen LogP contribution in [-0.4, -0.2) is 17.9 Å². The molecule has 0 aromatic heterocycles. The molecule has 2 rings (SSSR count). The molecular formula is C19H20F2N2O3. The van der Waals surface area contributed by atoms with E-state index in [1.54, 1.807) is 12.1 Å². The zero-order valence-corrected chi connectivity index (χ0v) is 14.5. The van der Waals surface area contributed by atoms with Gasteiger partial charge in [-0.15, -0.1) is 0 Å². The Labute approximate surface area is 150 Å². The van der Waals surface area contributed by atoms with Crippen LogP contribution in [0, 0.1) is 11.6 Å². The van der Waals surface area contributed by atoms with Gasteiger partial charge in [-0.2, -0.15) is 0 Å². The number of halogens is 2. The van der Waals surface area contributed by atoms with Gasteiger partial charge in [-0.1, -0.05) is 19.1 Å². The van der Waals surface area contributed by atoms with E-state index in [0.29, 0.717) is 5.75 Å². The van der Waals surface area contributed by atoms with E-state index in [0.717, 1.165) is 5.56 Å². The van der Waals surface area contributed by atoms with Crippen LogP contribution in [0.4, 0.5) is 8.78 Å². The van der Waals surface area contributed by atoms with Gasteiger partial charge in [-0.05, 0) is 54.8 Å². The van der Waals surface area contributed by atoms with Crippen LogP contribution >= 0.6 is 0 Å². The Morgan fingerprint density at radius 3 is 2.04 bits per heavy atom. The largest absolute Gasteiger partial charge is 0.481 e. The van der Waals surface area contributed by atoms with Crippen molar-refractivity contribution < 1.29 is 23.1 Å². The predicted octanol–water partition coefficient (Wildman–Crippen LogP) is 3.07. The summed E-state index contributed by atoms with van der Waals surface area (Å²) in [5.74, 6) is -1.48. The molecule has 0 aliphatic carbocycles. The normalized spacial score (nSPS) is 12.8. The first-order valence-corrected chi connectivity index (χ1v) is 8.11. The number of carbonyl (C=O) groups excluding carboxylic acids is 2. The van der Waals surface area contributed by atoms with Crippen LogP contribution < -0.4 is 15.6 Å². The molecule has 0 bridgehead atoms. The first-order chi connectivity index (χ1) is 12.3. The number of hydrogen-bond acceptors (Lipinski definition) is 3. The number of nitrogens with one attached hydrogen (secondary N) is 2. The fraction of sp³-hybridized carbons (Fsp3) is 0.263. The molecule has 0 heterocycles. The lowest BCUT2D eigenvalue weighted by Gasteiger charge is -2.16. The minimum atomic E-state index is -0.879. The van der Waals surface area contributed by atoms with Gasteiger partial charge in [-0.25, -0.2) is 8.78 Å². The molecule has 0 saturated carbocycles. The Hall–Kier alpha value is -2.96. The van der Waals surface area contributed by atoms with E-state index in [2.05, 4.69) is 10.9 Å². The molecule has 2 unspecified atom stereocenters. The summed E-state index contributed by atoms with van der Waals surface area (Å²) in [4.78, 5) is 23.9. The Balaban J connectivity index is 1.77. The van der Waals surface area contributed by atoms with E-state index in [4.69, 9.17) is 4.74 Å². The predicted molar refractivity (Wildman–Crippen MR) is 92.2 cm³/mol. The SMILES string of the molecule is CC(Oc1ccc(F)cc1)C(=O)NNC(=O)CC(C)c1ccc(F)cc1. The van der Waals surface area contributed by atoms with Crippen molar-refractivity contribution in [2.45, 2.75) is 32.3 Å². The molecule has 2 amide bonds. The maximum Gasteiger partial charge on any atom is 0.279 e.